The van der Waals surface area contributed by atoms with Crippen LogP contribution in [0, 0.1) is 0 Å². The number of alkyl halides is 3. The molecule has 0 aromatic heterocycles. The molecule has 1 amide bonds. The van der Waals surface area contributed by atoms with Crippen molar-refractivity contribution in [2.75, 3.05) is 5.32 Å². The second-order valence-corrected chi connectivity index (χ2v) is 6.60. The fourth-order valence-electron chi connectivity index (χ4n) is 2.35. The molecule has 0 fully saturated rings. The lowest BCUT2D eigenvalue weighted by molar-refractivity contribution is -0.167. The minimum absolute atomic E-state index is 0.152. The maximum Gasteiger partial charge on any atom is 0.471 e. The summed E-state index contributed by atoms with van der Waals surface area (Å²) in [5.41, 5.74) is 2.64. The lowest BCUT2D eigenvalue weighted by Crippen LogP contribution is -2.29. The zero-order chi connectivity index (χ0) is 20.4. The molecule has 2 aromatic carbocycles. The monoisotopic (exact) mass is 379 g/mol. The first-order valence-electron chi connectivity index (χ1n) is 9.22. The van der Waals surface area contributed by atoms with Gasteiger partial charge in [-0.15, -0.1) is 0 Å². The van der Waals surface area contributed by atoms with E-state index < -0.39 is 12.1 Å². The summed E-state index contributed by atoms with van der Waals surface area (Å²) in [4.78, 5) is 10.7. The third-order valence-corrected chi connectivity index (χ3v) is 4.59. The van der Waals surface area contributed by atoms with Crippen LogP contribution in [0.25, 0.3) is 0 Å². The first kappa shape index (κ1) is 22.7. The summed E-state index contributed by atoms with van der Waals surface area (Å²) >= 11 is 0. The quantitative estimate of drug-likeness (QED) is 0.601. The average molecular weight is 379 g/mol. The molecule has 0 aliphatic carbocycles. The predicted molar refractivity (Wildman–Crippen MR) is 105 cm³/mol. The molecule has 2 atom stereocenters. The van der Waals surface area contributed by atoms with Crippen LogP contribution < -0.4 is 5.32 Å². The topological polar surface area (TPSA) is 29.1 Å². The van der Waals surface area contributed by atoms with Gasteiger partial charge in [-0.3, -0.25) is 4.79 Å². The molecule has 0 aliphatic rings. The highest BCUT2D eigenvalue weighted by atomic mass is 19.4. The van der Waals surface area contributed by atoms with Crippen molar-refractivity contribution < 1.29 is 18.0 Å². The van der Waals surface area contributed by atoms with Crippen molar-refractivity contribution in [1.29, 1.82) is 0 Å². The molecule has 0 saturated carbocycles. The third kappa shape index (κ3) is 7.85. The maximum absolute atomic E-state index is 12.0. The molecule has 0 aliphatic heterocycles. The van der Waals surface area contributed by atoms with Gasteiger partial charge in [-0.25, -0.2) is 0 Å². The van der Waals surface area contributed by atoms with E-state index in [4.69, 9.17) is 0 Å². The Morgan fingerprint density at radius 1 is 0.852 bits per heavy atom. The Kier molecular flexibility index (Phi) is 9.06. The van der Waals surface area contributed by atoms with Crippen LogP contribution in [-0.4, -0.2) is 12.1 Å². The van der Waals surface area contributed by atoms with Gasteiger partial charge in [0.2, 0.25) is 0 Å². The van der Waals surface area contributed by atoms with Crippen LogP contribution in [-0.2, 0) is 4.79 Å². The van der Waals surface area contributed by atoms with Gasteiger partial charge >= 0.3 is 12.1 Å². The molecular weight excluding hydrogens is 351 g/mol. The van der Waals surface area contributed by atoms with E-state index in [1.54, 1.807) is 17.4 Å². The second-order valence-electron chi connectivity index (χ2n) is 6.60. The molecule has 5 heteroatoms. The summed E-state index contributed by atoms with van der Waals surface area (Å²) in [6.45, 7) is 8.54. The van der Waals surface area contributed by atoms with Gasteiger partial charge in [0.05, 0.1) is 0 Å². The minimum atomic E-state index is -4.85. The van der Waals surface area contributed by atoms with E-state index in [9.17, 15) is 18.0 Å². The van der Waals surface area contributed by atoms with Crippen molar-refractivity contribution in [2.24, 2.45) is 0 Å². The number of carbonyl (C=O) groups excluding carboxylic acids is 1. The van der Waals surface area contributed by atoms with Gasteiger partial charge in [0.15, 0.2) is 0 Å². The smallest absolute Gasteiger partial charge is 0.318 e. The second kappa shape index (κ2) is 10.8. The van der Waals surface area contributed by atoms with E-state index in [1.165, 1.54) is 24.1 Å². The predicted octanol–water partition coefficient (Wildman–Crippen LogP) is 6.90. The lowest BCUT2D eigenvalue weighted by Gasteiger charge is -2.11. The largest absolute Gasteiger partial charge is 0.471 e. The molecule has 2 unspecified atom stereocenters. The molecule has 1 N–H and O–H groups in total. The highest BCUT2D eigenvalue weighted by molar-refractivity contribution is 5.94. The zero-order valence-electron chi connectivity index (χ0n) is 16.3. The fraction of sp³-hybridized carbons (Fsp3) is 0.409. The third-order valence-electron chi connectivity index (χ3n) is 4.59. The van der Waals surface area contributed by atoms with Gasteiger partial charge in [-0.05, 0) is 47.9 Å². The first-order chi connectivity index (χ1) is 12.7. The Bertz CT molecular complexity index is 681. The molecule has 0 heterocycles. The van der Waals surface area contributed by atoms with Crippen molar-refractivity contribution in [2.45, 2.75) is 58.5 Å². The Balaban J connectivity index is 0.000000309. The lowest BCUT2D eigenvalue weighted by atomic mass is 9.99. The number of nitrogens with one attached hydrogen (secondary N) is 1. The van der Waals surface area contributed by atoms with Crippen molar-refractivity contribution in [1.82, 2.24) is 0 Å². The van der Waals surface area contributed by atoms with Gasteiger partial charge in [-0.1, -0.05) is 70.2 Å². The molecule has 2 aromatic rings. The summed E-state index contributed by atoms with van der Waals surface area (Å²) in [7, 11) is 0. The van der Waals surface area contributed by atoms with Crippen LogP contribution in [0.3, 0.4) is 0 Å². The summed E-state index contributed by atoms with van der Waals surface area (Å²) in [5.74, 6) is -0.891. The van der Waals surface area contributed by atoms with Gasteiger partial charge in [-0.2, -0.15) is 13.2 Å². The van der Waals surface area contributed by atoms with E-state index in [1.807, 2.05) is 13.8 Å². The van der Waals surface area contributed by atoms with Crippen LogP contribution >= 0.6 is 0 Å². The molecule has 148 valence electrons. The fourth-order valence-corrected chi connectivity index (χ4v) is 2.35. The molecule has 0 spiro atoms. The van der Waals surface area contributed by atoms with Gasteiger partial charge in [0.1, 0.15) is 0 Å². The van der Waals surface area contributed by atoms with E-state index in [0.717, 1.165) is 12.0 Å². The van der Waals surface area contributed by atoms with Gasteiger partial charge < -0.3 is 5.32 Å². The maximum atomic E-state index is 12.0. The summed E-state index contributed by atoms with van der Waals surface area (Å²) in [5, 5.41) is 1.80. The summed E-state index contributed by atoms with van der Waals surface area (Å²) in [6.07, 6.45) is -2.67. The van der Waals surface area contributed by atoms with Crippen molar-refractivity contribution in [3.8, 4) is 0 Å². The first-order valence-corrected chi connectivity index (χ1v) is 9.22. The number of hydrogen-bond donors (Lipinski definition) is 1. The summed E-state index contributed by atoms with van der Waals surface area (Å²) < 4.78 is 36.0. The van der Waals surface area contributed by atoms with Gasteiger partial charge in [0, 0.05) is 5.69 Å². The van der Waals surface area contributed by atoms with E-state index in [-0.39, 0.29) is 5.69 Å². The van der Waals surface area contributed by atoms with Crippen LogP contribution in [0.2, 0.25) is 0 Å². The molecule has 0 bridgehead atoms. The number of hydrogen-bond acceptors (Lipinski definition) is 1. The van der Waals surface area contributed by atoms with Crippen molar-refractivity contribution in [3.05, 3.63) is 65.7 Å². The van der Waals surface area contributed by atoms with E-state index in [0.29, 0.717) is 11.8 Å². The molecule has 2 rings (SSSR count). The molecule has 27 heavy (non-hydrogen) atoms. The Hall–Kier alpha value is -2.30. The highest BCUT2D eigenvalue weighted by Gasteiger charge is 2.38. The normalized spacial score (nSPS) is 13.1. The number of amides is 1. The zero-order valence-corrected chi connectivity index (χ0v) is 16.3. The highest BCUT2D eigenvalue weighted by Crippen LogP contribution is 2.22. The van der Waals surface area contributed by atoms with E-state index >= 15 is 0 Å². The Morgan fingerprint density at radius 2 is 1.30 bits per heavy atom. The number of rotatable bonds is 5. The summed E-state index contributed by atoms with van der Waals surface area (Å²) in [6, 6.07) is 17.0. The number of halogens is 3. The van der Waals surface area contributed by atoms with Crippen LogP contribution in [0.4, 0.5) is 18.9 Å². The Morgan fingerprint density at radius 3 is 1.70 bits per heavy atom. The van der Waals surface area contributed by atoms with Crippen molar-refractivity contribution in [3.63, 3.8) is 0 Å². The molecule has 0 saturated heterocycles. The molecular formula is C22H28F3NO. The molecule has 0 radical (unpaired) electrons. The number of anilines is 1. The number of benzene rings is 2. The van der Waals surface area contributed by atoms with Crippen LogP contribution in [0.1, 0.15) is 63.5 Å². The van der Waals surface area contributed by atoms with Crippen LogP contribution in [0.15, 0.2) is 54.6 Å². The van der Waals surface area contributed by atoms with Crippen LogP contribution in [0.5, 0.6) is 0 Å². The van der Waals surface area contributed by atoms with Crippen molar-refractivity contribution >= 4 is 11.6 Å². The number of carbonyl (C=O) groups is 1. The Labute approximate surface area is 159 Å². The molecule has 2 nitrogen and oxygen atoms in total. The minimum Gasteiger partial charge on any atom is -0.318 e. The standard InChI is InChI=1S/C12H14F3NO.C10H14/c1-3-8(2)9-4-6-10(7-5-9)16-11(17)12(13,14)15;1-3-9(2)10-7-5-4-6-8-10/h4-8H,3H2,1-2H3,(H,16,17);4-9H,3H2,1-2H3. The average Bonchev–Trinajstić information content (AvgIpc) is 2.67. The van der Waals surface area contributed by atoms with E-state index in [2.05, 4.69) is 44.2 Å². The van der Waals surface area contributed by atoms with Gasteiger partial charge in [0.25, 0.3) is 0 Å². The SMILES string of the molecule is CCC(C)c1ccc(NC(=O)C(F)(F)F)cc1.CCC(C)c1ccccc1.